The maximum absolute atomic E-state index is 12.8. The van der Waals surface area contributed by atoms with Crippen LogP contribution < -0.4 is 5.56 Å². The van der Waals surface area contributed by atoms with Gasteiger partial charge in [-0.1, -0.05) is 11.8 Å². The van der Waals surface area contributed by atoms with Crippen LogP contribution in [0.15, 0.2) is 61.0 Å². The number of nitrogens with zero attached hydrogens (tertiary/aromatic N) is 5. The van der Waals surface area contributed by atoms with Crippen molar-refractivity contribution in [2.75, 3.05) is 0 Å². The van der Waals surface area contributed by atoms with Crippen molar-refractivity contribution in [2.45, 2.75) is 23.9 Å². The second kappa shape index (κ2) is 7.33. The molecule has 5 heterocycles. The van der Waals surface area contributed by atoms with E-state index in [0.717, 1.165) is 11.3 Å². The third kappa shape index (κ3) is 3.38. The molecule has 0 saturated carbocycles. The number of thioether (sulfide) groups is 1. The van der Waals surface area contributed by atoms with E-state index in [9.17, 15) is 4.79 Å². The van der Waals surface area contributed by atoms with Crippen LogP contribution in [0.4, 0.5) is 0 Å². The molecule has 0 bridgehead atoms. The van der Waals surface area contributed by atoms with E-state index in [4.69, 9.17) is 8.83 Å². The highest BCUT2D eigenvalue weighted by atomic mass is 32.2. The van der Waals surface area contributed by atoms with Crippen molar-refractivity contribution >= 4 is 33.3 Å². The number of hydrogen-bond donors (Lipinski definition) is 1. The molecule has 0 fully saturated rings. The van der Waals surface area contributed by atoms with E-state index in [2.05, 4.69) is 25.5 Å². The molecule has 0 aromatic carbocycles. The molecule has 0 spiro atoms. The average molecular weight is 426 g/mol. The van der Waals surface area contributed by atoms with Crippen LogP contribution in [0.25, 0.3) is 21.5 Å². The molecule has 1 N–H and O–H groups in total. The fraction of sp³-hybridized carbons (Fsp3) is 0.167. The molecule has 5 aromatic heterocycles. The van der Waals surface area contributed by atoms with Crippen LogP contribution in [0.3, 0.4) is 0 Å². The Morgan fingerprint density at radius 1 is 1.28 bits per heavy atom. The second-order valence-corrected chi connectivity index (χ2v) is 8.38. The van der Waals surface area contributed by atoms with Gasteiger partial charge < -0.3 is 13.8 Å². The van der Waals surface area contributed by atoms with Crippen LogP contribution in [0, 0.1) is 0 Å². The third-order valence-electron chi connectivity index (χ3n) is 4.30. The second-order valence-electron chi connectivity index (χ2n) is 6.22. The van der Waals surface area contributed by atoms with E-state index in [-0.39, 0.29) is 10.8 Å². The number of aromatic nitrogens is 6. The Kier molecular flexibility index (Phi) is 4.52. The van der Waals surface area contributed by atoms with E-state index >= 15 is 0 Å². The predicted octanol–water partition coefficient (Wildman–Crippen LogP) is 3.73. The zero-order valence-electron chi connectivity index (χ0n) is 15.1. The lowest BCUT2D eigenvalue weighted by atomic mass is 10.2. The highest BCUT2D eigenvalue weighted by molar-refractivity contribution is 7.99. The SMILES string of the molecule is CC(Sc1nnnn1Cc1ccco1)c1nc2scc(-c3ccco3)c2c(=O)[nH]1. The minimum absolute atomic E-state index is 0.164. The Labute approximate surface area is 171 Å². The number of fused-ring (bicyclic) bond motifs is 1. The zero-order chi connectivity index (χ0) is 19.8. The van der Waals surface area contributed by atoms with E-state index in [1.807, 2.05) is 30.5 Å². The maximum atomic E-state index is 12.8. The summed E-state index contributed by atoms with van der Waals surface area (Å²) in [5.41, 5.74) is 0.554. The first kappa shape index (κ1) is 17.9. The van der Waals surface area contributed by atoms with Gasteiger partial charge in [-0.05, 0) is 41.6 Å². The number of hydrogen-bond acceptors (Lipinski definition) is 9. The molecule has 5 rings (SSSR count). The minimum Gasteiger partial charge on any atom is -0.467 e. The lowest BCUT2D eigenvalue weighted by Gasteiger charge is -2.10. The lowest BCUT2D eigenvalue weighted by molar-refractivity contribution is 0.462. The summed E-state index contributed by atoms with van der Waals surface area (Å²) in [6, 6.07) is 7.30. The Bertz CT molecular complexity index is 1300. The van der Waals surface area contributed by atoms with Gasteiger partial charge in [0.2, 0.25) is 5.16 Å². The Morgan fingerprint density at radius 2 is 2.14 bits per heavy atom. The molecule has 11 heteroatoms. The third-order valence-corrected chi connectivity index (χ3v) is 6.25. The highest BCUT2D eigenvalue weighted by Gasteiger charge is 2.20. The van der Waals surface area contributed by atoms with Gasteiger partial charge in [-0.15, -0.1) is 16.4 Å². The summed E-state index contributed by atoms with van der Waals surface area (Å²) in [6.45, 7) is 2.37. The monoisotopic (exact) mass is 426 g/mol. The normalized spacial score (nSPS) is 12.6. The van der Waals surface area contributed by atoms with Gasteiger partial charge in [0.1, 0.15) is 28.7 Å². The molecule has 0 aliphatic heterocycles. The number of thiophene rings is 1. The molecule has 0 radical (unpaired) electrons. The molecule has 9 nitrogen and oxygen atoms in total. The van der Waals surface area contributed by atoms with Crippen LogP contribution >= 0.6 is 23.1 Å². The Balaban J connectivity index is 1.43. The largest absolute Gasteiger partial charge is 0.467 e. The molecule has 0 aliphatic rings. The number of aromatic amines is 1. The van der Waals surface area contributed by atoms with Gasteiger partial charge >= 0.3 is 0 Å². The number of rotatable bonds is 6. The quantitative estimate of drug-likeness (QED) is 0.408. The summed E-state index contributed by atoms with van der Waals surface area (Å²) in [5.74, 6) is 1.97. The minimum atomic E-state index is -0.194. The van der Waals surface area contributed by atoms with Crippen molar-refractivity contribution in [1.29, 1.82) is 0 Å². The summed E-state index contributed by atoms with van der Waals surface area (Å²) in [7, 11) is 0. The molecular weight excluding hydrogens is 412 g/mol. The predicted molar refractivity (Wildman–Crippen MR) is 108 cm³/mol. The Hall–Kier alpha value is -3.18. The first-order valence-electron chi connectivity index (χ1n) is 8.69. The fourth-order valence-corrected chi connectivity index (χ4v) is 4.70. The van der Waals surface area contributed by atoms with Gasteiger partial charge in [0.15, 0.2) is 0 Å². The summed E-state index contributed by atoms with van der Waals surface area (Å²) in [6.07, 6.45) is 3.19. The molecule has 0 amide bonds. The highest BCUT2D eigenvalue weighted by Crippen LogP contribution is 2.34. The van der Waals surface area contributed by atoms with E-state index in [1.165, 1.54) is 23.1 Å². The first-order chi connectivity index (χ1) is 14.2. The topological polar surface area (TPSA) is 116 Å². The van der Waals surface area contributed by atoms with Gasteiger partial charge in [0.05, 0.1) is 23.2 Å². The van der Waals surface area contributed by atoms with Gasteiger partial charge in [-0.2, -0.15) is 0 Å². The molecule has 29 heavy (non-hydrogen) atoms. The van der Waals surface area contributed by atoms with Crippen LogP contribution in [-0.2, 0) is 6.54 Å². The maximum Gasteiger partial charge on any atom is 0.260 e. The first-order valence-corrected chi connectivity index (χ1v) is 10.5. The Morgan fingerprint density at radius 3 is 2.93 bits per heavy atom. The van der Waals surface area contributed by atoms with Crippen molar-refractivity contribution in [3.05, 3.63) is 64.1 Å². The smallest absolute Gasteiger partial charge is 0.260 e. The van der Waals surface area contributed by atoms with Crippen LogP contribution in [-0.4, -0.2) is 30.2 Å². The molecule has 1 atom stereocenters. The summed E-state index contributed by atoms with van der Waals surface area (Å²) in [4.78, 5) is 21.0. The molecular formula is C18H14N6O3S2. The standard InChI is InChI=1S/C18H14N6O3S2/c1-10(29-18-21-22-23-24(18)8-11-4-2-6-26-11)15-19-16(25)14-12(9-28-17(14)20-15)13-5-3-7-27-13/h2-7,9-10H,8H2,1H3,(H,19,20,25). The van der Waals surface area contributed by atoms with Gasteiger partial charge in [-0.3, -0.25) is 4.79 Å². The van der Waals surface area contributed by atoms with E-state index in [0.29, 0.717) is 33.5 Å². The fourth-order valence-electron chi connectivity index (χ4n) is 2.92. The van der Waals surface area contributed by atoms with Crippen molar-refractivity contribution in [3.63, 3.8) is 0 Å². The van der Waals surface area contributed by atoms with Crippen molar-refractivity contribution < 1.29 is 8.83 Å². The molecule has 0 aliphatic carbocycles. The summed E-state index contributed by atoms with van der Waals surface area (Å²) >= 11 is 2.83. The molecule has 1 unspecified atom stereocenters. The number of H-pyrrole nitrogens is 1. The number of furan rings is 2. The van der Waals surface area contributed by atoms with Crippen LogP contribution in [0.5, 0.6) is 0 Å². The zero-order valence-corrected chi connectivity index (χ0v) is 16.7. The van der Waals surface area contributed by atoms with Gasteiger partial charge in [0.25, 0.3) is 5.56 Å². The average Bonchev–Trinajstić information content (AvgIpc) is 3.50. The van der Waals surface area contributed by atoms with Crippen LogP contribution in [0.2, 0.25) is 0 Å². The lowest BCUT2D eigenvalue weighted by Crippen LogP contribution is -2.13. The number of tetrazole rings is 1. The number of nitrogens with one attached hydrogen (secondary N) is 1. The summed E-state index contributed by atoms with van der Waals surface area (Å²) < 4.78 is 12.4. The molecule has 0 saturated heterocycles. The van der Waals surface area contributed by atoms with E-state index < -0.39 is 0 Å². The van der Waals surface area contributed by atoms with Crippen molar-refractivity contribution in [2.24, 2.45) is 0 Å². The van der Waals surface area contributed by atoms with Crippen LogP contribution in [0.1, 0.15) is 23.8 Å². The van der Waals surface area contributed by atoms with Crippen molar-refractivity contribution in [1.82, 2.24) is 30.2 Å². The molecule has 5 aromatic rings. The van der Waals surface area contributed by atoms with Gasteiger partial charge in [-0.25, -0.2) is 9.67 Å². The van der Waals surface area contributed by atoms with Gasteiger partial charge in [0, 0.05) is 10.9 Å². The summed E-state index contributed by atoms with van der Waals surface area (Å²) in [5, 5.41) is 14.7. The van der Waals surface area contributed by atoms with E-state index in [1.54, 1.807) is 23.3 Å². The van der Waals surface area contributed by atoms with Crippen molar-refractivity contribution in [3.8, 4) is 11.3 Å². The molecule has 146 valence electrons.